The summed E-state index contributed by atoms with van der Waals surface area (Å²) in [6.45, 7) is 0. The maximum Gasteiger partial charge on any atom is 0.120 e. The van der Waals surface area contributed by atoms with Crippen LogP contribution in [0, 0.1) is 11.8 Å². The molecule has 0 heterocycles. The van der Waals surface area contributed by atoms with Crippen molar-refractivity contribution in [3.63, 3.8) is 0 Å². The first kappa shape index (κ1) is 18.7. The van der Waals surface area contributed by atoms with Crippen molar-refractivity contribution < 1.29 is 4.79 Å². The van der Waals surface area contributed by atoms with Crippen molar-refractivity contribution in [2.75, 3.05) is 0 Å². The molecule has 0 aromatic heterocycles. The van der Waals surface area contributed by atoms with E-state index in [-0.39, 0.29) is 0 Å². The summed E-state index contributed by atoms with van der Waals surface area (Å²) in [7, 11) is 0. The summed E-state index contributed by atoms with van der Waals surface area (Å²) in [5.41, 5.74) is 1.45. The molecule has 24 heavy (non-hydrogen) atoms. The quantitative estimate of drug-likeness (QED) is 0.265. The standard InChI is InChI=1S/C23H32O/c24-20-11-3-1-2-9-16-22-18-12-19-23(22)17-10-5-8-15-21-13-6-4-7-14-21/h2,4,6-7,9-10,13-14,17,20,22-23H,1,3,5,8,11-12,15-16,18-19H2/b9-2-,17-10+/t22-,23-/m0/s1. The smallest absolute Gasteiger partial charge is 0.120 e. The second-order valence-corrected chi connectivity index (χ2v) is 6.97. The number of aldehydes is 1. The van der Waals surface area contributed by atoms with Crippen LogP contribution < -0.4 is 0 Å². The molecule has 1 aromatic rings. The highest BCUT2D eigenvalue weighted by Crippen LogP contribution is 2.35. The Kier molecular flexibility index (Phi) is 9.23. The molecule has 0 radical (unpaired) electrons. The van der Waals surface area contributed by atoms with Crippen LogP contribution in [0.5, 0.6) is 0 Å². The fourth-order valence-corrected chi connectivity index (χ4v) is 3.66. The molecule has 130 valence electrons. The first-order valence-corrected chi connectivity index (χ1v) is 9.69. The Balaban J connectivity index is 1.62. The van der Waals surface area contributed by atoms with Gasteiger partial charge >= 0.3 is 0 Å². The third-order valence-electron chi connectivity index (χ3n) is 5.08. The summed E-state index contributed by atoms with van der Waals surface area (Å²) < 4.78 is 0. The minimum absolute atomic E-state index is 0.697. The maximum atomic E-state index is 10.3. The lowest BCUT2D eigenvalue weighted by molar-refractivity contribution is -0.107. The average molecular weight is 325 g/mol. The molecule has 0 spiro atoms. The summed E-state index contributed by atoms with van der Waals surface area (Å²) >= 11 is 0. The van der Waals surface area contributed by atoms with Crippen LogP contribution >= 0.6 is 0 Å². The molecule has 0 saturated heterocycles. The van der Waals surface area contributed by atoms with E-state index in [0.29, 0.717) is 6.42 Å². The van der Waals surface area contributed by atoms with Crippen molar-refractivity contribution in [2.45, 2.75) is 64.2 Å². The second kappa shape index (κ2) is 11.8. The van der Waals surface area contributed by atoms with Gasteiger partial charge in [-0.05, 0) is 68.8 Å². The molecule has 1 heteroatoms. The second-order valence-electron chi connectivity index (χ2n) is 6.97. The first-order chi connectivity index (χ1) is 11.9. The predicted octanol–water partition coefficient (Wildman–Crippen LogP) is 6.30. The molecule has 1 aliphatic rings. The van der Waals surface area contributed by atoms with Crippen LogP contribution in [-0.4, -0.2) is 6.29 Å². The van der Waals surface area contributed by atoms with Crippen LogP contribution in [0.3, 0.4) is 0 Å². The van der Waals surface area contributed by atoms with E-state index in [1.54, 1.807) is 0 Å². The van der Waals surface area contributed by atoms with Crippen LogP contribution in [-0.2, 0) is 11.2 Å². The Morgan fingerprint density at radius 1 is 0.917 bits per heavy atom. The number of carbonyl (C=O) groups is 1. The number of allylic oxidation sites excluding steroid dienone is 4. The molecule has 0 bridgehead atoms. The van der Waals surface area contributed by atoms with Gasteiger partial charge in [0.05, 0.1) is 0 Å². The third-order valence-corrected chi connectivity index (χ3v) is 5.08. The van der Waals surface area contributed by atoms with Gasteiger partial charge in [-0.1, -0.05) is 61.1 Å². The lowest BCUT2D eigenvalue weighted by Gasteiger charge is -2.14. The number of rotatable bonds is 11. The van der Waals surface area contributed by atoms with E-state index >= 15 is 0 Å². The Bertz CT molecular complexity index is 500. The summed E-state index contributed by atoms with van der Waals surface area (Å²) in [4.78, 5) is 10.3. The van der Waals surface area contributed by atoms with Crippen molar-refractivity contribution in [3.05, 3.63) is 60.2 Å². The number of hydrogen-bond donors (Lipinski definition) is 0. The zero-order valence-corrected chi connectivity index (χ0v) is 14.9. The molecular formula is C23H32O. The fourth-order valence-electron chi connectivity index (χ4n) is 3.66. The summed E-state index contributed by atoms with van der Waals surface area (Å²) in [5, 5.41) is 0. The Morgan fingerprint density at radius 2 is 1.75 bits per heavy atom. The Hall–Kier alpha value is -1.63. The van der Waals surface area contributed by atoms with Gasteiger partial charge in [-0.25, -0.2) is 0 Å². The van der Waals surface area contributed by atoms with E-state index in [2.05, 4.69) is 54.6 Å². The van der Waals surface area contributed by atoms with Gasteiger partial charge in [0.25, 0.3) is 0 Å². The molecule has 0 amide bonds. The van der Waals surface area contributed by atoms with Gasteiger partial charge in [0, 0.05) is 6.42 Å². The molecular weight excluding hydrogens is 292 g/mol. The van der Waals surface area contributed by atoms with E-state index in [1.165, 1.54) is 50.5 Å². The highest BCUT2D eigenvalue weighted by molar-refractivity contribution is 5.49. The van der Waals surface area contributed by atoms with Gasteiger partial charge in [0.1, 0.15) is 6.29 Å². The molecule has 2 rings (SSSR count). The lowest BCUT2D eigenvalue weighted by atomic mass is 9.92. The fraction of sp³-hybridized carbons (Fsp3) is 0.522. The van der Waals surface area contributed by atoms with Gasteiger partial charge in [-0.15, -0.1) is 0 Å². The Labute approximate surface area is 147 Å². The van der Waals surface area contributed by atoms with E-state index < -0.39 is 0 Å². The molecule has 0 N–H and O–H groups in total. The highest BCUT2D eigenvalue weighted by atomic mass is 16.1. The minimum atomic E-state index is 0.697. The number of benzene rings is 1. The van der Waals surface area contributed by atoms with Crippen molar-refractivity contribution in [2.24, 2.45) is 11.8 Å². The van der Waals surface area contributed by atoms with E-state index in [9.17, 15) is 4.79 Å². The average Bonchev–Trinajstić information content (AvgIpc) is 3.06. The highest BCUT2D eigenvalue weighted by Gasteiger charge is 2.23. The molecule has 1 nitrogen and oxygen atoms in total. The number of carbonyl (C=O) groups excluding carboxylic acids is 1. The van der Waals surface area contributed by atoms with E-state index in [0.717, 1.165) is 31.0 Å². The van der Waals surface area contributed by atoms with Gasteiger partial charge in [0.2, 0.25) is 0 Å². The molecule has 1 aliphatic carbocycles. The van der Waals surface area contributed by atoms with Crippen molar-refractivity contribution in [1.29, 1.82) is 0 Å². The monoisotopic (exact) mass is 324 g/mol. The number of unbranched alkanes of at least 4 members (excludes halogenated alkanes) is 3. The minimum Gasteiger partial charge on any atom is -0.303 e. The third kappa shape index (κ3) is 7.29. The summed E-state index contributed by atoms with van der Waals surface area (Å²) in [6, 6.07) is 10.8. The maximum absolute atomic E-state index is 10.3. The van der Waals surface area contributed by atoms with Crippen LogP contribution in [0.4, 0.5) is 0 Å². The van der Waals surface area contributed by atoms with Crippen LogP contribution in [0.2, 0.25) is 0 Å². The predicted molar refractivity (Wildman–Crippen MR) is 103 cm³/mol. The number of hydrogen-bond acceptors (Lipinski definition) is 1. The Morgan fingerprint density at radius 3 is 2.58 bits per heavy atom. The van der Waals surface area contributed by atoms with Crippen LogP contribution in [0.25, 0.3) is 0 Å². The van der Waals surface area contributed by atoms with Crippen molar-refractivity contribution >= 4 is 6.29 Å². The van der Waals surface area contributed by atoms with E-state index in [4.69, 9.17) is 0 Å². The molecule has 1 fully saturated rings. The van der Waals surface area contributed by atoms with Gasteiger partial charge in [0.15, 0.2) is 0 Å². The number of aryl methyl sites for hydroxylation is 1. The zero-order chi connectivity index (χ0) is 16.9. The van der Waals surface area contributed by atoms with Gasteiger partial charge < -0.3 is 4.79 Å². The molecule has 2 atom stereocenters. The van der Waals surface area contributed by atoms with Gasteiger partial charge in [-0.2, -0.15) is 0 Å². The largest absolute Gasteiger partial charge is 0.303 e. The zero-order valence-electron chi connectivity index (χ0n) is 14.9. The van der Waals surface area contributed by atoms with Crippen molar-refractivity contribution in [1.82, 2.24) is 0 Å². The van der Waals surface area contributed by atoms with Crippen molar-refractivity contribution in [3.8, 4) is 0 Å². The molecule has 0 aliphatic heterocycles. The molecule has 0 unspecified atom stereocenters. The normalized spacial score (nSPS) is 21.0. The SMILES string of the molecule is O=CCCC/C=C\C[C@H]1CCC[C@@H]1/C=C/CCCc1ccccc1. The van der Waals surface area contributed by atoms with Gasteiger partial charge in [-0.3, -0.25) is 0 Å². The van der Waals surface area contributed by atoms with Crippen LogP contribution in [0.15, 0.2) is 54.6 Å². The van der Waals surface area contributed by atoms with E-state index in [1.807, 2.05) is 0 Å². The topological polar surface area (TPSA) is 17.1 Å². The lowest BCUT2D eigenvalue weighted by Crippen LogP contribution is -2.03. The molecule has 1 saturated carbocycles. The first-order valence-electron chi connectivity index (χ1n) is 9.69. The molecule has 1 aromatic carbocycles. The summed E-state index contributed by atoms with van der Waals surface area (Å²) in [6.07, 6.45) is 22.2. The van der Waals surface area contributed by atoms with Crippen LogP contribution in [0.1, 0.15) is 63.4 Å². The summed E-state index contributed by atoms with van der Waals surface area (Å²) in [5.74, 6) is 1.61.